The molecule has 4 nitrogen and oxygen atoms in total. The summed E-state index contributed by atoms with van der Waals surface area (Å²) in [7, 11) is -3.61. The van der Waals surface area contributed by atoms with E-state index < -0.39 is 10.0 Å². The number of aliphatic hydroxyl groups is 1. The van der Waals surface area contributed by atoms with Crippen molar-refractivity contribution in [2.24, 2.45) is 0 Å². The predicted octanol–water partition coefficient (Wildman–Crippen LogP) is 3.24. The molecule has 2 aromatic rings. The smallest absolute Gasteiger partial charge is 0.242 e. The van der Waals surface area contributed by atoms with Crippen molar-refractivity contribution in [2.45, 2.75) is 23.7 Å². The second kappa shape index (κ2) is 8.08. The zero-order valence-electron chi connectivity index (χ0n) is 11.9. The molecule has 1 heterocycles. The van der Waals surface area contributed by atoms with Crippen LogP contribution in [0.3, 0.4) is 0 Å². The van der Waals surface area contributed by atoms with E-state index in [4.69, 9.17) is 16.7 Å². The lowest BCUT2D eigenvalue weighted by Crippen LogP contribution is -2.26. The molecule has 0 aliphatic carbocycles. The first-order valence-electron chi connectivity index (χ1n) is 6.91. The molecule has 0 bridgehead atoms. The molecular weight excluding hydrogens is 342 g/mol. The van der Waals surface area contributed by atoms with E-state index in [2.05, 4.69) is 4.72 Å². The normalized spacial score (nSPS) is 13.2. The van der Waals surface area contributed by atoms with Gasteiger partial charge in [0.15, 0.2) is 0 Å². The number of halogens is 1. The van der Waals surface area contributed by atoms with Gasteiger partial charge >= 0.3 is 0 Å². The Balaban J connectivity index is 1.98. The van der Waals surface area contributed by atoms with E-state index in [1.807, 2.05) is 16.8 Å². The molecule has 0 saturated heterocycles. The Morgan fingerprint density at radius 3 is 2.64 bits per heavy atom. The topological polar surface area (TPSA) is 66.4 Å². The zero-order valence-corrected chi connectivity index (χ0v) is 14.3. The molecule has 1 aromatic heterocycles. The summed E-state index contributed by atoms with van der Waals surface area (Å²) < 4.78 is 27.0. The van der Waals surface area contributed by atoms with Crippen LogP contribution in [0.1, 0.15) is 24.3 Å². The molecule has 2 rings (SSSR count). The maximum Gasteiger partial charge on any atom is 0.242 e. The summed E-state index contributed by atoms with van der Waals surface area (Å²) in [5.74, 6) is 0.144. The lowest BCUT2D eigenvalue weighted by Gasteiger charge is -2.15. The quantitative estimate of drug-likeness (QED) is 0.760. The first-order chi connectivity index (χ1) is 10.5. The molecule has 0 aliphatic rings. The fourth-order valence-electron chi connectivity index (χ4n) is 2.25. The van der Waals surface area contributed by atoms with Crippen molar-refractivity contribution in [2.75, 3.05) is 13.2 Å². The summed E-state index contributed by atoms with van der Waals surface area (Å²) in [5.41, 5.74) is 1.14. The third-order valence-corrected chi connectivity index (χ3v) is 6.07. The molecule has 0 amide bonds. The molecule has 0 radical (unpaired) electrons. The molecule has 2 N–H and O–H groups in total. The first-order valence-corrected chi connectivity index (χ1v) is 9.72. The minimum atomic E-state index is -3.61. The van der Waals surface area contributed by atoms with E-state index in [0.717, 1.165) is 5.56 Å². The molecule has 22 heavy (non-hydrogen) atoms. The summed E-state index contributed by atoms with van der Waals surface area (Å²) in [4.78, 5) is 0.0888. The largest absolute Gasteiger partial charge is 0.396 e. The fourth-order valence-corrected chi connectivity index (χ4v) is 4.56. The van der Waals surface area contributed by atoms with E-state index >= 15 is 0 Å². The minimum Gasteiger partial charge on any atom is -0.396 e. The van der Waals surface area contributed by atoms with Crippen LogP contribution < -0.4 is 4.72 Å². The van der Waals surface area contributed by atoms with Crippen molar-refractivity contribution >= 4 is 33.0 Å². The molecule has 0 spiro atoms. The Hall–Kier alpha value is -0.920. The lowest BCUT2D eigenvalue weighted by atomic mass is 9.95. The summed E-state index contributed by atoms with van der Waals surface area (Å²) in [5, 5.41) is 13.4. The Morgan fingerprint density at radius 1 is 1.23 bits per heavy atom. The third kappa shape index (κ3) is 4.54. The number of hydrogen-bond acceptors (Lipinski definition) is 4. The molecule has 1 aromatic carbocycles. The number of hydrogen-bond donors (Lipinski definition) is 2. The minimum absolute atomic E-state index is 0.0811. The van der Waals surface area contributed by atoms with E-state index in [9.17, 15) is 8.42 Å². The van der Waals surface area contributed by atoms with Gasteiger partial charge in [-0.1, -0.05) is 23.7 Å². The van der Waals surface area contributed by atoms with E-state index in [1.165, 1.54) is 6.07 Å². The van der Waals surface area contributed by atoms with Crippen LogP contribution in [0.15, 0.2) is 46.0 Å². The van der Waals surface area contributed by atoms with Crippen molar-refractivity contribution in [1.29, 1.82) is 0 Å². The van der Waals surface area contributed by atoms with Gasteiger partial charge in [-0.05, 0) is 53.3 Å². The third-order valence-electron chi connectivity index (χ3n) is 3.40. The number of rotatable bonds is 8. The number of thiophene rings is 1. The van der Waals surface area contributed by atoms with Gasteiger partial charge in [-0.3, -0.25) is 0 Å². The van der Waals surface area contributed by atoms with Crippen molar-refractivity contribution in [3.63, 3.8) is 0 Å². The van der Waals surface area contributed by atoms with Crippen LogP contribution in [0.4, 0.5) is 0 Å². The molecule has 0 fully saturated rings. The zero-order chi connectivity index (χ0) is 16.0. The number of aliphatic hydroxyl groups excluding tert-OH is 1. The van der Waals surface area contributed by atoms with Gasteiger partial charge in [-0.2, -0.15) is 11.3 Å². The monoisotopic (exact) mass is 359 g/mol. The highest BCUT2D eigenvalue weighted by Gasteiger charge is 2.18. The maximum absolute atomic E-state index is 12.2. The van der Waals surface area contributed by atoms with Crippen LogP contribution in [0, 0.1) is 0 Å². The Bertz CT molecular complexity index is 687. The predicted molar refractivity (Wildman–Crippen MR) is 90.0 cm³/mol. The van der Waals surface area contributed by atoms with Gasteiger partial charge in [0.1, 0.15) is 4.90 Å². The molecular formula is C15H18ClNO3S2. The lowest BCUT2D eigenvalue weighted by molar-refractivity contribution is 0.273. The summed E-state index contributed by atoms with van der Waals surface area (Å²) >= 11 is 7.52. The van der Waals surface area contributed by atoms with Crippen molar-refractivity contribution in [1.82, 2.24) is 4.72 Å². The summed E-state index contributed by atoms with van der Waals surface area (Å²) in [6, 6.07) is 8.37. The second-order valence-electron chi connectivity index (χ2n) is 4.88. The summed E-state index contributed by atoms with van der Waals surface area (Å²) in [6.45, 7) is 0.381. The number of sulfonamides is 1. The molecule has 0 unspecified atom stereocenters. The van der Waals surface area contributed by atoms with E-state index in [1.54, 1.807) is 29.5 Å². The highest BCUT2D eigenvalue weighted by molar-refractivity contribution is 7.89. The highest BCUT2D eigenvalue weighted by atomic mass is 35.5. The van der Waals surface area contributed by atoms with Crippen molar-refractivity contribution in [3.8, 4) is 0 Å². The second-order valence-corrected chi connectivity index (χ2v) is 7.81. The molecule has 0 saturated carbocycles. The Kier molecular flexibility index (Phi) is 6.40. The molecule has 120 valence electrons. The van der Waals surface area contributed by atoms with Crippen LogP contribution in [0.5, 0.6) is 0 Å². The van der Waals surface area contributed by atoms with Gasteiger partial charge in [0.25, 0.3) is 0 Å². The van der Waals surface area contributed by atoms with Crippen molar-refractivity contribution < 1.29 is 13.5 Å². The van der Waals surface area contributed by atoms with Crippen LogP contribution >= 0.6 is 22.9 Å². The van der Waals surface area contributed by atoms with Gasteiger partial charge in [0, 0.05) is 13.2 Å². The Morgan fingerprint density at radius 2 is 2.00 bits per heavy atom. The van der Waals surface area contributed by atoms with Gasteiger partial charge < -0.3 is 5.11 Å². The van der Waals surface area contributed by atoms with Gasteiger partial charge in [-0.15, -0.1) is 0 Å². The van der Waals surface area contributed by atoms with Crippen molar-refractivity contribution in [3.05, 3.63) is 51.7 Å². The van der Waals surface area contributed by atoms with Crippen LogP contribution in [0.2, 0.25) is 5.02 Å². The molecule has 1 atom stereocenters. The molecule has 0 aliphatic heterocycles. The number of nitrogens with one attached hydrogen (secondary N) is 1. The van der Waals surface area contributed by atoms with E-state index in [-0.39, 0.29) is 22.4 Å². The Labute approximate surface area is 139 Å². The average molecular weight is 360 g/mol. The standard InChI is InChI=1S/C15H18ClNO3S2/c16-14-3-1-2-4-15(14)22(19,20)17-8-5-12(6-9-18)13-7-10-21-11-13/h1-4,7,10-12,17-18H,5-6,8-9H2/t12-/m0/s1. The van der Waals surface area contributed by atoms with E-state index in [0.29, 0.717) is 19.4 Å². The number of benzene rings is 1. The summed E-state index contributed by atoms with van der Waals surface area (Å²) in [6.07, 6.45) is 1.24. The van der Waals surface area contributed by atoms with Gasteiger partial charge in [-0.25, -0.2) is 13.1 Å². The fraction of sp³-hybridized carbons (Fsp3) is 0.333. The van der Waals surface area contributed by atoms with Crippen LogP contribution in [-0.4, -0.2) is 26.7 Å². The van der Waals surface area contributed by atoms with Gasteiger partial charge in [0.2, 0.25) is 10.0 Å². The SMILES string of the molecule is O=S(=O)(NCC[C@@H](CCO)c1ccsc1)c1ccccc1Cl. The molecule has 7 heteroatoms. The first kappa shape index (κ1) is 17.4. The maximum atomic E-state index is 12.2. The van der Waals surface area contributed by atoms with Crippen LogP contribution in [-0.2, 0) is 10.0 Å². The van der Waals surface area contributed by atoms with Gasteiger partial charge in [0.05, 0.1) is 5.02 Å². The van der Waals surface area contributed by atoms with Crippen LogP contribution in [0.25, 0.3) is 0 Å². The highest BCUT2D eigenvalue weighted by Crippen LogP contribution is 2.25. The average Bonchev–Trinajstić information content (AvgIpc) is 3.00.